The first-order chi connectivity index (χ1) is 12.5. The Labute approximate surface area is 152 Å². The minimum atomic E-state index is -3.69. The van der Waals surface area contributed by atoms with Crippen LogP contribution in [0.25, 0.3) is 0 Å². The van der Waals surface area contributed by atoms with Crippen LogP contribution in [-0.2, 0) is 21.3 Å². The first-order valence-electron chi connectivity index (χ1n) is 8.48. The number of carbonyl (C=O) groups is 1. The van der Waals surface area contributed by atoms with Gasteiger partial charge in [-0.15, -0.1) is 0 Å². The van der Waals surface area contributed by atoms with Crippen LogP contribution in [0.3, 0.4) is 0 Å². The molecular formula is C17H22N4O4S. The van der Waals surface area contributed by atoms with Crippen molar-refractivity contribution in [2.75, 3.05) is 26.3 Å². The van der Waals surface area contributed by atoms with Crippen LogP contribution in [0.1, 0.15) is 16.8 Å². The number of sulfonamides is 1. The maximum atomic E-state index is 12.4. The summed E-state index contributed by atoms with van der Waals surface area (Å²) < 4.78 is 34.3. The number of amides is 1. The molecule has 0 spiro atoms. The molecule has 2 heterocycles. The molecule has 2 aromatic rings. The Hall–Kier alpha value is -2.23. The Morgan fingerprint density at radius 3 is 2.96 bits per heavy atom. The SMILES string of the molecule is O=C(NC[C@@H]1CCOC1)c1cccc(S(=O)(=O)NCCn2cccn2)c1. The molecule has 26 heavy (non-hydrogen) atoms. The maximum absolute atomic E-state index is 12.4. The van der Waals surface area contributed by atoms with Crippen molar-refractivity contribution in [2.24, 2.45) is 5.92 Å². The van der Waals surface area contributed by atoms with Crippen molar-refractivity contribution in [2.45, 2.75) is 17.9 Å². The molecule has 9 heteroatoms. The summed E-state index contributed by atoms with van der Waals surface area (Å²) in [5, 5.41) is 6.85. The van der Waals surface area contributed by atoms with Crippen molar-refractivity contribution in [1.29, 1.82) is 0 Å². The Kier molecular flexibility index (Phi) is 6.02. The van der Waals surface area contributed by atoms with E-state index in [-0.39, 0.29) is 17.3 Å². The van der Waals surface area contributed by atoms with E-state index in [9.17, 15) is 13.2 Å². The second-order valence-corrected chi connectivity index (χ2v) is 7.90. The average molecular weight is 378 g/mol. The molecule has 3 rings (SSSR count). The highest BCUT2D eigenvalue weighted by atomic mass is 32.2. The number of aromatic nitrogens is 2. The largest absolute Gasteiger partial charge is 0.381 e. The maximum Gasteiger partial charge on any atom is 0.251 e. The van der Waals surface area contributed by atoms with Crippen LogP contribution >= 0.6 is 0 Å². The van der Waals surface area contributed by atoms with E-state index < -0.39 is 10.0 Å². The summed E-state index contributed by atoms with van der Waals surface area (Å²) in [4.78, 5) is 12.3. The molecule has 0 aliphatic carbocycles. The van der Waals surface area contributed by atoms with E-state index in [1.165, 1.54) is 12.1 Å². The minimum absolute atomic E-state index is 0.0646. The van der Waals surface area contributed by atoms with Crippen LogP contribution in [0.4, 0.5) is 0 Å². The van der Waals surface area contributed by atoms with E-state index in [2.05, 4.69) is 15.1 Å². The van der Waals surface area contributed by atoms with E-state index in [4.69, 9.17) is 4.74 Å². The van der Waals surface area contributed by atoms with E-state index in [0.717, 1.165) is 13.0 Å². The highest BCUT2D eigenvalue weighted by molar-refractivity contribution is 7.89. The van der Waals surface area contributed by atoms with E-state index in [1.807, 2.05) is 0 Å². The summed E-state index contributed by atoms with van der Waals surface area (Å²) in [5.41, 5.74) is 0.318. The van der Waals surface area contributed by atoms with Crippen molar-refractivity contribution in [3.63, 3.8) is 0 Å². The summed E-state index contributed by atoms with van der Waals surface area (Å²) in [6.07, 6.45) is 4.32. The molecule has 8 nitrogen and oxygen atoms in total. The van der Waals surface area contributed by atoms with Gasteiger partial charge in [0.2, 0.25) is 10.0 Å². The van der Waals surface area contributed by atoms with Crippen molar-refractivity contribution in [3.8, 4) is 0 Å². The van der Waals surface area contributed by atoms with Crippen LogP contribution in [-0.4, -0.2) is 50.4 Å². The lowest BCUT2D eigenvalue weighted by Crippen LogP contribution is -2.30. The quantitative estimate of drug-likeness (QED) is 0.701. The fourth-order valence-corrected chi connectivity index (χ4v) is 3.77. The van der Waals surface area contributed by atoms with Crippen molar-refractivity contribution < 1.29 is 17.9 Å². The Balaban J connectivity index is 1.58. The Morgan fingerprint density at radius 2 is 2.23 bits per heavy atom. The molecule has 1 aromatic carbocycles. The third kappa shape index (κ3) is 4.90. The number of rotatable bonds is 8. The molecule has 2 N–H and O–H groups in total. The first kappa shape index (κ1) is 18.6. The van der Waals surface area contributed by atoms with E-state index >= 15 is 0 Å². The lowest BCUT2D eigenvalue weighted by Gasteiger charge is -2.11. The van der Waals surface area contributed by atoms with Gasteiger partial charge in [-0.2, -0.15) is 5.10 Å². The second kappa shape index (κ2) is 8.43. The average Bonchev–Trinajstić information content (AvgIpc) is 3.33. The first-order valence-corrected chi connectivity index (χ1v) is 9.96. The molecule has 1 aliphatic rings. The number of nitrogens with zero attached hydrogens (tertiary/aromatic N) is 2. The van der Waals surface area contributed by atoms with Gasteiger partial charge in [0, 0.05) is 43.6 Å². The van der Waals surface area contributed by atoms with Crippen molar-refractivity contribution >= 4 is 15.9 Å². The number of benzene rings is 1. The van der Waals surface area contributed by atoms with Gasteiger partial charge in [-0.05, 0) is 30.7 Å². The van der Waals surface area contributed by atoms with E-state index in [0.29, 0.717) is 31.2 Å². The summed E-state index contributed by atoms with van der Waals surface area (Å²) in [6.45, 7) is 2.53. The lowest BCUT2D eigenvalue weighted by molar-refractivity contribution is 0.0945. The van der Waals surface area contributed by atoms with Crippen LogP contribution in [0.15, 0.2) is 47.6 Å². The molecule has 0 unspecified atom stereocenters. The molecule has 140 valence electrons. The highest BCUT2D eigenvalue weighted by Crippen LogP contribution is 2.13. The fourth-order valence-electron chi connectivity index (χ4n) is 2.70. The van der Waals surface area contributed by atoms with Gasteiger partial charge in [0.05, 0.1) is 18.0 Å². The number of nitrogens with one attached hydrogen (secondary N) is 2. The molecule has 1 amide bonds. The topological polar surface area (TPSA) is 102 Å². The third-order valence-corrected chi connectivity index (χ3v) is 5.63. The number of ether oxygens (including phenoxy) is 1. The molecule has 1 aromatic heterocycles. The minimum Gasteiger partial charge on any atom is -0.381 e. The fraction of sp³-hybridized carbons (Fsp3) is 0.412. The number of hydrogen-bond donors (Lipinski definition) is 2. The van der Waals surface area contributed by atoms with Gasteiger partial charge in [-0.1, -0.05) is 6.07 Å². The van der Waals surface area contributed by atoms with E-state index in [1.54, 1.807) is 35.3 Å². The molecule has 0 radical (unpaired) electrons. The summed E-state index contributed by atoms with van der Waals surface area (Å²) in [6, 6.07) is 7.79. The van der Waals surface area contributed by atoms with Crippen LogP contribution in [0.5, 0.6) is 0 Å². The summed E-state index contributed by atoms with van der Waals surface area (Å²) in [5.74, 6) is 0.0281. The van der Waals surface area contributed by atoms with Gasteiger partial charge in [0.1, 0.15) is 0 Å². The molecule has 1 fully saturated rings. The zero-order valence-electron chi connectivity index (χ0n) is 14.3. The van der Waals surface area contributed by atoms with Crippen LogP contribution < -0.4 is 10.0 Å². The molecule has 0 bridgehead atoms. The van der Waals surface area contributed by atoms with Gasteiger partial charge in [0.25, 0.3) is 5.91 Å². The standard InChI is InChI=1S/C17H22N4O4S/c22-17(18-12-14-5-10-25-13-14)15-3-1-4-16(11-15)26(23,24)20-7-9-21-8-2-6-19-21/h1-4,6,8,11,14,20H,5,7,9-10,12-13H2,(H,18,22)/t14-/m0/s1. The van der Waals surface area contributed by atoms with Crippen LogP contribution in [0, 0.1) is 5.92 Å². The van der Waals surface area contributed by atoms with Gasteiger partial charge in [0.15, 0.2) is 0 Å². The molecule has 0 saturated carbocycles. The lowest BCUT2D eigenvalue weighted by atomic mass is 10.1. The highest BCUT2D eigenvalue weighted by Gasteiger charge is 2.18. The second-order valence-electron chi connectivity index (χ2n) is 6.13. The molecular weight excluding hydrogens is 356 g/mol. The van der Waals surface area contributed by atoms with Crippen molar-refractivity contribution in [3.05, 3.63) is 48.3 Å². The molecule has 1 aliphatic heterocycles. The normalized spacial score (nSPS) is 17.3. The van der Waals surface area contributed by atoms with Gasteiger partial charge >= 0.3 is 0 Å². The zero-order chi connectivity index (χ0) is 18.4. The Morgan fingerprint density at radius 1 is 1.35 bits per heavy atom. The predicted molar refractivity (Wildman–Crippen MR) is 95.1 cm³/mol. The summed E-state index contributed by atoms with van der Waals surface area (Å²) >= 11 is 0. The number of hydrogen-bond acceptors (Lipinski definition) is 5. The summed E-state index contributed by atoms with van der Waals surface area (Å²) in [7, 11) is -3.69. The number of carbonyl (C=O) groups excluding carboxylic acids is 1. The third-order valence-electron chi connectivity index (χ3n) is 4.17. The predicted octanol–water partition coefficient (Wildman–Crippen LogP) is 0.628. The van der Waals surface area contributed by atoms with Gasteiger partial charge in [-0.25, -0.2) is 13.1 Å². The monoisotopic (exact) mass is 378 g/mol. The molecule has 1 saturated heterocycles. The van der Waals surface area contributed by atoms with Gasteiger partial charge in [-0.3, -0.25) is 9.48 Å². The zero-order valence-corrected chi connectivity index (χ0v) is 15.1. The smallest absolute Gasteiger partial charge is 0.251 e. The molecule has 1 atom stereocenters. The van der Waals surface area contributed by atoms with Crippen LogP contribution in [0.2, 0.25) is 0 Å². The van der Waals surface area contributed by atoms with Gasteiger partial charge < -0.3 is 10.1 Å². The Bertz CT molecular complexity index is 830. The van der Waals surface area contributed by atoms with Crippen molar-refractivity contribution in [1.82, 2.24) is 19.8 Å².